The van der Waals surface area contributed by atoms with Gasteiger partial charge in [-0.2, -0.15) is 10.2 Å². The number of azo groups is 1. The molecule has 2 aromatic carbocycles. The quantitative estimate of drug-likeness (QED) is 0.118. The van der Waals surface area contributed by atoms with Gasteiger partial charge in [-0.15, -0.1) is 0 Å². The molecule has 0 atom stereocenters. The Balaban J connectivity index is 1.75. The van der Waals surface area contributed by atoms with Crippen molar-refractivity contribution in [3.05, 3.63) is 70.8 Å². The Bertz CT molecular complexity index is 892. The van der Waals surface area contributed by atoms with Crippen molar-refractivity contribution in [1.29, 1.82) is 0 Å². The first kappa shape index (κ1) is 22.7. The molecule has 0 N–H and O–H groups in total. The summed E-state index contributed by atoms with van der Waals surface area (Å²) in [4.78, 5) is 23.7. The number of nitrogens with zero attached hydrogens (tertiary/aromatic N) is 4. The fourth-order valence-corrected chi connectivity index (χ4v) is 2.58. The van der Waals surface area contributed by atoms with Crippen LogP contribution in [0, 0.1) is 10.1 Å². The van der Waals surface area contributed by atoms with E-state index in [-0.39, 0.29) is 11.7 Å². The van der Waals surface area contributed by atoms with Gasteiger partial charge in [0.1, 0.15) is 0 Å². The smallest absolute Gasteiger partial charge is 0.333 e. The number of unbranched alkanes of at least 4 members (excludes halogenated alkanes) is 2. The van der Waals surface area contributed by atoms with E-state index in [0.29, 0.717) is 23.6 Å². The maximum absolute atomic E-state index is 11.3. The first-order chi connectivity index (χ1) is 14.4. The number of rotatable bonds is 11. The lowest BCUT2D eigenvalue weighted by atomic mass is 10.2. The van der Waals surface area contributed by atoms with Crippen LogP contribution in [0.2, 0.25) is 0 Å². The second-order valence-electron chi connectivity index (χ2n) is 6.89. The van der Waals surface area contributed by atoms with Gasteiger partial charge in [-0.1, -0.05) is 6.58 Å². The molecule has 0 fully saturated rings. The van der Waals surface area contributed by atoms with E-state index in [2.05, 4.69) is 21.7 Å². The predicted molar refractivity (Wildman–Crippen MR) is 117 cm³/mol. The molecule has 2 aromatic rings. The van der Waals surface area contributed by atoms with Crippen LogP contribution in [0.1, 0.15) is 26.2 Å². The number of non-ortho nitro benzene ring substituents is 1. The zero-order valence-electron chi connectivity index (χ0n) is 17.3. The molecule has 30 heavy (non-hydrogen) atoms. The molecule has 0 aromatic heterocycles. The molecule has 0 spiro atoms. The summed E-state index contributed by atoms with van der Waals surface area (Å²) in [5.41, 5.74) is 2.76. The zero-order chi connectivity index (χ0) is 21.9. The van der Waals surface area contributed by atoms with Crippen LogP contribution in [0.15, 0.2) is 70.9 Å². The number of anilines is 1. The van der Waals surface area contributed by atoms with Crippen LogP contribution >= 0.6 is 0 Å². The standard InChI is InChI=1S/C22H26N4O4/c1-17(2)22(27)30-16-6-4-5-15-25(3)20-11-7-18(8-12-20)23-24-19-9-13-21(14-10-19)26(28)29/h7-14H,1,4-6,15-16H2,2-3H3. The number of hydrogen-bond acceptors (Lipinski definition) is 7. The summed E-state index contributed by atoms with van der Waals surface area (Å²) >= 11 is 0. The van der Waals surface area contributed by atoms with E-state index in [9.17, 15) is 14.9 Å². The third kappa shape index (κ3) is 7.46. The summed E-state index contributed by atoms with van der Waals surface area (Å²) in [6.45, 7) is 6.50. The minimum absolute atomic E-state index is 0.0224. The average Bonchev–Trinajstić information content (AvgIpc) is 2.74. The van der Waals surface area contributed by atoms with Gasteiger partial charge in [0.25, 0.3) is 5.69 Å². The van der Waals surface area contributed by atoms with Gasteiger partial charge in [0.2, 0.25) is 0 Å². The summed E-state index contributed by atoms with van der Waals surface area (Å²) in [6.07, 6.45) is 2.78. The maximum atomic E-state index is 11.3. The zero-order valence-corrected chi connectivity index (χ0v) is 17.3. The first-order valence-corrected chi connectivity index (χ1v) is 9.67. The minimum atomic E-state index is -0.450. The predicted octanol–water partition coefficient (Wildman–Crippen LogP) is 5.74. The molecular formula is C22H26N4O4. The van der Waals surface area contributed by atoms with Crippen molar-refractivity contribution in [1.82, 2.24) is 0 Å². The van der Waals surface area contributed by atoms with Gasteiger partial charge in [-0.25, -0.2) is 4.79 Å². The van der Waals surface area contributed by atoms with E-state index in [0.717, 1.165) is 31.5 Å². The van der Waals surface area contributed by atoms with Gasteiger partial charge in [0.15, 0.2) is 0 Å². The molecule has 0 aliphatic heterocycles. The molecule has 0 bridgehead atoms. The van der Waals surface area contributed by atoms with E-state index in [4.69, 9.17) is 4.74 Å². The second-order valence-corrected chi connectivity index (χ2v) is 6.89. The van der Waals surface area contributed by atoms with Crippen LogP contribution in [0.3, 0.4) is 0 Å². The summed E-state index contributed by atoms with van der Waals surface area (Å²) in [5, 5.41) is 18.9. The molecule has 2 rings (SSSR count). The van der Waals surface area contributed by atoms with Crippen LogP contribution in [0.4, 0.5) is 22.7 Å². The Labute approximate surface area is 176 Å². The molecule has 0 saturated carbocycles. The molecule has 0 aliphatic carbocycles. The van der Waals surface area contributed by atoms with E-state index >= 15 is 0 Å². The van der Waals surface area contributed by atoms with Gasteiger partial charge in [-0.3, -0.25) is 10.1 Å². The van der Waals surface area contributed by atoms with Crippen molar-refractivity contribution in [2.45, 2.75) is 26.2 Å². The van der Waals surface area contributed by atoms with Gasteiger partial charge < -0.3 is 9.64 Å². The van der Waals surface area contributed by atoms with Crippen LogP contribution in [0.5, 0.6) is 0 Å². The fourth-order valence-electron chi connectivity index (χ4n) is 2.58. The monoisotopic (exact) mass is 410 g/mol. The van der Waals surface area contributed by atoms with Crippen molar-refractivity contribution in [2.24, 2.45) is 10.2 Å². The van der Waals surface area contributed by atoms with E-state index < -0.39 is 4.92 Å². The van der Waals surface area contributed by atoms with Crippen molar-refractivity contribution in [3.8, 4) is 0 Å². The van der Waals surface area contributed by atoms with Crippen LogP contribution in [0.25, 0.3) is 0 Å². The van der Waals surface area contributed by atoms with Crippen LogP contribution in [-0.2, 0) is 9.53 Å². The summed E-state index contributed by atoms with van der Waals surface area (Å²) in [6, 6.07) is 13.6. The van der Waals surface area contributed by atoms with Crippen LogP contribution in [-0.4, -0.2) is 31.1 Å². The average molecular weight is 410 g/mol. The molecule has 0 amide bonds. The highest BCUT2D eigenvalue weighted by molar-refractivity contribution is 5.86. The second kappa shape index (κ2) is 11.5. The van der Waals surface area contributed by atoms with Gasteiger partial charge >= 0.3 is 5.97 Å². The Morgan fingerprint density at radius 2 is 1.60 bits per heavy atom. The molecular weight excluding hydrogens is 384 g/mol. The number of carbonyl (C=O) groups excluding carboxylic acids is 1. The Kier molecular flexibility index (Phi) is 8.68. The number of nitro groups is 1. The van der Waals surface area contributed by atoms with Crippen molar-refractivity contribution in [3.63, 3.8) is 0 Å². The van der Waals surface area contributed by atoms with Gasteiger partial charge in [0, 0.05) is 37.0 Å². The third-order valence-corrected chi connectivity index (χ3v) is 4.35. The molecule has 0 heterocycles. The van der Waals surface area contributed by atoms with Crippen molar-refractivity contribution < 1.29 is 14.5 Å². The number of nitro benzene ring substituents is 1. The van der Waals surface area contributed by atoms with E-state index in [1.807, 2.05) is 31.3 Å². The summed E-state index contributed by atoms with van der Waals surface area (Å²) in [5.74, 6) is -0.335. The SMILES string of the molecule is C=C(C)C(=O)OCCCCCN(C)c1ccc(N=Nc2ccc([N+](=O)[O-])cc2)cc1. The lowest BCUT2D eigenvalue weighted by Gasteiger charge is -2.19. The Hall–Kier alpha value is -3.55. The Morgan fingerprint density at radius 3 is 2.13 bits per heavy atom. The Morgan fingerprint density at radius 1 is 1.03 bits per heavy atom. The first-order valence-electron chi connectivity index (χ1n) is 9.67. The highest BCUT2D eigenvalue weighted by Gasteiger charge is 2.05. The van der Waals surface area contributed by atoms with E-state index in [1.165, 1.54) is 12.1 Å². The molecule has 0 radical (unpaired) electrons. The number of hydrogen-bond donors (Lipinski definition) is 0. The lowest BCUT2D eigenvalue weighted by molar-refractivity contribution is -0.384. The summed E-state index contributed by atoms with van der Waals surface area (Å²) in [7, 11) is 2.02. The highest BCUT2D eigenvalue weighted by atomic mass is 16.6. The van der Waals surface area contributed by atoms with Gasteiger partial charge in [-0.05, 0) is 62.6 Å². The molecule has 158 valence electrons. The third-order valence-electron chi connectivity index (χ3n) is 4.35. The number of ether oxygens (including phenoxy) is 1. The lowest BCUT2D eigenvalue weighted by Crippen LogP contribution is -2.18. The summed E-state index contributed by atoms with van der Waals surface area (Å²) < 4.78 is 5.08. The molecule has 0 aliphatic rings. The normalized spacial score (nSPS) is 10.7. The van der Waals surface area contributed by atoms with Crippen molar-refractivity contribution in [2.75, 3.05) is 25.1 Å². The van der Waals surface area contributed by atoms with Crippen LogP contribution < -0.4 is 4.90 Å². The molecule has 8 heteroatoms. The molecule has 8 nitrogen and oxygen atoms in total. The minimum Gasteiger partial charge on any atom is -0.462 e. The fraction of sp³-hybridized carbons (Fsp3) is 0.318. The number of benzene rings is 2. The largest absolute Gasteiger partial charge is 0.462 e. The van der Waals surface area contributed by atoms with E-state index in [1.54, 1.807) is 19.1 Å². The van der Waals surface area contributed by atoms with Gasteiger partial charge in [0.05, 0.1) is 22.9 Å². The van der Waals surface area contributed by atoms with Crippen molar-refractivity contribution >= 4 is 28.7 Å². The highest BCUT2D eigenvalue weighted by Crippen LogP contribution is 2.23. The number of carbonyl (C=O) groups is 1. The molecule has 0 saturated heterocycles. The topological polar surface area (TPSA) is 97.4 Å². The molecule has 0 unspecified atom stereocenters. The maximum Gasteiger partial charge on any atom is 0.333 e. The number of esters is 1.